The van der Waals surface area contributed by atoms with Gasteiger partial charge in [-0.15, -0.1) is 0 Å². The van der Waals surface area contributed by atoms with Crippen LogP contribution in [0, 0.1) is 0 Å². The average Bonchev–Trinajstić information content (AvgIpc) is 3.22. The van der Waals surface area contributed by atoms with Crippen molar-refractivity contribution in [1.82, 2.24) is 20.0 Å². The standard InChI is InChI=1S/C20H24N4O/c1-2-23-11-10-17(22-23)14-21-20(25)24-18-8-9-19(24)13-16(12-18)15-6-4-3-5-7-15/h3-7,10-12,18-19H,2,8-9,13-14H2,1H3,(H,21,25). The van der Waals surface area contributed by atoms with Crippen LogP contribution in [0.4, 0.5) is 4.79 Å². The Labute approximate surface area is 148 Å². The van der Waals surface area contributed by atoms with Crippen molar-refractivity contribution >= 4 is 11.6 Å². The van der Waals surface area contributed by atoms with Crippen molar-refractivity contribution in [1.29, 1.82) is 0 Å². The highest BCUT2D eigenvalue weighted by Crippen LogP contribution is 2.38. The highest BCUT2D eigenvalue weighted by Gasteiger charge is 2.39. The second-order valence-corrected chi connectivity index (χ2v) is 6.79. The Hall–Kier alpha value is -2.56. The first-order chi connectivity index (χ1) is 12.2. The predicted octanol–water partition coefficient (Wildman–Crippen LogP) is 3.43. The van der Waals surface area contributed by atoms with Crippen LogP contribution in [0.2, 0.25) is 0 Å². The molecule has 2 unspecified atom stereocenters. The van der Waals surface area contributed by atoms with Gasteiger partial charge in [-0.3, -0.25) is 4.68 Å². The summed E-state index contributed by atoms with van der Waals surface area (Å²) in [6.07, 6.45) is 7.30. The number of nitrogens with zero attached hydrogens (tertiary/aromatic N) is 3. The number of aromatic nitrogens is 2. The number of rotatable bonds is 4. The lowest BCUT2D eigenvalue weighted by molar-refractivity contribution is 0.179. The first-order valence-electron chi connectivity index (χ1n) is 9.09. The fourth-order valence-corrected chi connectivity index (χ4v) is 3.94. The van der Waals surface area contributed by atoms with E-state index in [1.807, 2.05) is 27.9 Å². The average molecular weight is 336 g/mol. The molecule has 1 saturated heterocycles. The Balaban J connectivity index is 1.43. The van der Waals surface area contributed by atoms with Crippen molar-refractivity contribution in [3.63, 3.8) is 0 Å². The van der Waals surface area contributed by atoms with Crippen LogP contribution in [0.3, 0.4) is 0 Å². The van der Waals surface area contributed by atoms with E-state index in [-0.39, 0.29) is 12.1 Å². The molecule has 1 fully saturated rings. The Morgan fingerprint density at radius 2 is 2.08 bits per heavy atom. The third-order valence-corrected chi connectivity index (χ3v) is 5.22. The molecule has 2 bridgehead atoms. The number of fused-ring (bicyclic) bond motifs is 2. The molecule has 3 heterocycles. The zero-order valence-electron chi connectivity index (χ0n) is 14.6. The minimum atomic E-state index is 0.0295. The van der Waals surface area contributed by atoms with Gasteiger partial charge in [-0.05, 0) is 43.4 Å². The van der Waals surface area contributed by atoms with Gasteiger partial charge in [-0.2, -0.15) is 5.10 Å². The quantitative estimate of drug-likeness (QED) is 0.930. The molecule has 1 aromatic heterocycles. The van der Waals surface area contributed by atoms with E-state index in [2.05, 4.69) is 47.7 Å². The summed E-state index contributed by atoms with van der Waals surface area (Å²) in [5.74, 6) is 0. The van der Waals surface area contributed by atoms with E-state index in [4.69, 9.17) is 0 Å². The van der Waals surface area contributed by atoms with E-state index >= 15 is 0 Å². The minimum Gasteiger partial charge on any atom is -0.332 e. The second-order valence-electron chi connectivity index (χ2n) is 6.79. The molecule has 0 saturated carbocycles. The number of urea groups is 1. The number of carbonyl (C=O) groups is 1. The fraction of sp³-hybridized carbons (Fsp3) is 0.400. The van der Waals surface area contributed by atoms with Crippen LogP contribution in [0.1, 0.15) is 37.4 Å². The molecule has 2 aliphatic rings. The summed E-state index contributed by atoms with van der Waals surface area (Å²) < 4.78 is 1.88. The predicted molar refractivity (Wildman–Crippen MR) is 97.8 cm³/mol. The van der Waals surface area contributed by atoms with E-state index < -0.39 is 0 Å². The molecule has 2 aromatic rings. The highest BCUT2D eigenvalue weighted by atomic mass is 16.2. The van der Waals surface area contributed by atoms with Gasteiger partial charge >= 0.3 is 6.03 Å². The molecule has 4 rings (SSSR count). The maximum Gasteiger partial charge on any atom is 0.318 e. The molecule has 25 heavy (non-hydrogen) atoms. The SMILES string of the molecule is CCn1ccc(CNC(=O)N2C3C=C(c4ccccc4)CC2CC3)n1. The lowest BCUT2D eigenvalue weighted by Crippen LogP contribution is -2.48. The van der Waals surface area contributed by atoms with E-state index in [0.717, 1.165) is 31.5 Å². The smallest absolute Gasteiger partial charge is 0.318 e. The number of amides is 2. The molecule has 5 nitrogen and oxygen atoms in total. The zero-order valence-corrected chi connectivity index (χ0v) is 14.6. The van der Waals surface area contributed by atoms with Crippen LogP contribution in [0.15, 0.2) is 48.7 Å². The van der Waals surface area contributed by atoms with Crippen LogP contribution < -0.4 is 5.32 Å². The van der Waals surface area contributed by atoms with E-state index in [9.17, 15) is 4.79 Å². The van der Waals surface area contributed by atoms with Crippen LogP contribution in [-0.4, -0.2) is 32.8 Å². The lowest BCUT2D eigenvalue weighted by Gasteiger charge is -2.34. The minimum absolute atomic E-state index is 0.0295. The molecule has 5 heteroatoms. The summed E-state index contributed by atoms with van der Waals surface area (Å²) in [4.78, 5) is 14.7. The second kappa shape index (κ2) is 6.75. The van der Waals surface area contributed by atoms with Gasteiger partial charge in [-0.25, -0.2) is 4.79 Å². The largest absolute Gasteiger partial charge is 0.332 e. The molecule has 1 aromatic carbocycles. The Morgan fingerprint density at radius 3 is 2.80 bits per heavy atom. The first-order valence-corrected chi connectivity index (χ1v) is 9.09. The fourth-order valence-electron chi connectivity index (χ4n) is 3.94. The van der Waals surface area contributed by atoms with Gasteiger partial charge in [0.05, 0.1) is 18.3 Å². The summed E-state index contributed by atoms with van der Waals surface area (Å²) >= 11 is 0. The van der Waals surface area contributed by atoms with Crippen LogP contribution in [0.5, 0.6) is 0 Å². The summed E-state index contributed by atoms with van der Waals surface area (Å²) in [7, 11) is 0. The highest BCUT2D eigenvalue weighted by molar-refractivity contribution is 5.78. The number of aryl methyl sites for hydroxylation is 1. The van der Waals surface area contributed by atoms with Gasteiger partial charge in [0, 0.05) is 18.8 Å². The van der Waals surface area contributed by atoms with Gasteiger partial charge in [0.15, 0.2) is 0 Å². The van der Waals surface area contributed by atoms with Crippen LogP contribution >= 0.6 is 0 Å². The van der Waals surface area contributed by atoms with Crippen molar-refractivity contribution in [3.8, 4) is 0 Å². The molecule has 2 aliphatic heterocycles. The maximum absolute atomic E-state index is 12.7. The molecule has 0 radical (unpaired) electrons. The number of carbonyl (C=O) groups excluding carboxylic acids is 1. The van der Waals surface area contributed by atoms with Crippen molar-refractivity contribution in [2.45, 2.75) is 51.4 Å². The topological polar surface area (TPSA) is 50.2 Å². The van der Waals surface area contributed by atoms with Crippen LogP contribution in [-0.2, 0) is 13.1 Å². The molecule has 2 amide bonds. The Bertz CT molecular complexity index is 780. The van der Waals surface area contributed by atoms with E-state index in [0.29, 0.717) is 12.6 Å². The molecule has 0 aliphatic carbocycles. The number of hydrogen-bond acceptors (Lipinski definition) is 2. The van der Waals surface area contributed by atoms with E-state index in [1.165, 1.54) is 11.1 Å². The van der Waals surface area contributed by atoms with Gasteiger partial charge < -0.3 is 10.2 Å². The van der Waals surface area contributed by atoms with Crippen molar-refractivity contribution < 1.29 is 4.79 Å². The number of hydrogen-bond donors (Lipinski definition) is 1. The summed E-state index contributed by atoms with van der Waals surface area (Å²) in [5.41, 5.74) is 3.56. The van der Waals surface area contributed by atoms with Crippen molar-refractivity contribution in [2.75, 3.05) is 0 Å². The summed E-state index contributed by atoms with van der Waals surface area (Å²) in [5, 5.41) is 7.47. The van der Waals surface area contributed by atoms with Gasteiger partial charge in [0.2, 0.25) is 0 Å². The molecule has 0 spiro atoms. The zero-order chi connectivity index (χ0) is 17.2. The monoisotopic (exact) mass is 336 g/mol. The number of nitrogens with one attached hydrogen (secondary N) is 1. The van der Waals surface area contributed by atoms with Gasteiger partial charge in [0.25, 0.3) is 0 Å². The molecule has 130 valence electrons. The first kappa shape index (κ1) is 15.9. The summed E-state index contributed by atoms with van der Waals surface area (Å²) in [6.45, 7) is 3.38. The Kier molecular flexibility index (Phi) is 4.30. The normalized spacial score (nSPS) is 22.0. The Morgan fingerprint density at radius 1 is 1.24 bits per heavy atom. The van der Waals surface area contributed by atoms with Crippen molar-refractivity contribution in [2.24, 2.45) is 0 Å². The molecule has 2 atom stereocenters. The maximum atomic E-state index is 12.7. The lowest BCUT2D eigenvalue weighted by atomic mass is 9.95. The van der Waals surface area contributed by atoms with Gasteiger partial charge in [-0.1, -0.05) is 36.4 Å². The molecule has 1 N–H and O–H groups in total. The molecular weight excluding hydrogens is 312 g/mol. The van der Waals surface area contributed by atoms with E-state index in [1.54, 1.807) is 0 Å². The number of benzene rings is 1. The van der Waals surface area contributed by atoms with Crippen LogP contribution in [0.25, 0.3) is 5.57 Å². The third kappa shape index (κ3) is 3.18. The van der Waals surface area contributed by atoms with Crippen molar-refractivity contribution in [3.05, 3.63) is 59.9 Å². The molecular formula is C20H24N4O. The third-order valence-electron chi connectivity index (χ3n) is 5.22. The summed E-state index contributed by atoms with van der Waals surface area (Å²) in [6, 6.07) is 13.0. The van der Waals surface area contributed by atoms with Gasteiger partial charge in [0.1, 0.15) is 0 Å².